The van der Waals surface area contributed by atoms with E-state index in [4.69, 9.17) is 4.42 Å². The van der Waals surface area contributed by atoms with Crippen LogP contribution in [0.4, 0.5) is 0 Å². The average Bonchev–Trinajstić information content (AvgIpc) is 3.23. The molecule has 134 valence electrons. The molecule has 1 saturated carbocycles. The number of nitrogens with zero attached hydrogens (tertiary/aromatic N) is 3. The van der Waals surface area contributed by atoms with Crippen molar-refractivity contribution in [3.05, 3.63) is 36.4 Å². The van der Waals surface area contributed by atoms with Gasteiger partial charge in [0.05, 0.1) is 6.54 Å². The Hall–Kier alpha value is -1.41. The number of hydrogen-bond acceptors (Lipinski definition) is 7. The first-order valence-corrected chi connectivity index (χ1v) is 9.83. The fourth-order valence-corrected chi connectivity index (χ4v) is 4.61. The zero-order valence-corrected chi connectivity index (χ0v) is 15.3. The Labute approximate surface area is 152 Å². The first-order valence-electron chi connectivity index (χ1n) is 9.01. The maximum atomic E-state index is 5.93. The number of likely N-dealkylation sites (N-methyl/N-ethyl adjacent to an activating group) is 1. The summed E-state index contributed by atoms with van der Waals surface area (Å²) in [5.41, 5.74) is 7.00. The van der Waals surface area contributed by atoms with Gasteiger partial charge in [-0.1, -0.05) is 12.8 Å². The molecule has 6 nitrogen and oxygen atoms in total. The van der Waals surface area contributed by atoms with E-state index in [1.54, 1.807) is 12.4 Å². The van der Waals surface area contributed by atoms with Gasteiger partial charge in [-0.2, -0.15) is 0 Å². The molecule has 0 spiro atoms. The van der Waals surface area contributed by atoms with E-state index >= 15 is 0 Å². The van der Waals surface area contributed by atoms with Crippen LogP contribution in [0.15, 0.2) is 45.3 Å². The van der Waals surface area contributed by atoms with Crippen molar-refractivity contribution in [3.8, 4) is 0 Å². The van der Waals surface area contributed by atoms with E-state index in [9.17, 15) is 0 Å². The van der Waals surface area contributed by atoms with Crippen LogP contribution < -0.4 is 10.9 Å². The maximum Gasteiger partial charge on any atom is 0.195 e. The molecule has 3 atom stereocenters. The van der Waals surface area contributed by atoms with Crippen LogP contribution in [0.2, 0.25) is 0 Å². The smallest absolute Gasteiger partial charge is 0.195 e. The predicted molar refractivity (Wildman–Crippen MR) is 97.0 cm³/mol. The highest BCUT2D eigenvalue weighted by Gasteiger charge is 2.37. The first-order chi connectivity index (χ1) is 12.3. The molecule has 7 heteroatoms. The van der Waals surface area contributed by atoms with Gasteiger partial charge in [0.25, 0.3) is 0 Å². The van der Waals surface area contributed by atoms with Crippen molar-refractivity contribution in [1.29, 1.82) is 0 Å². The van der Waals surface area contributed by atoms with Crippen molar-refractivity contribution >= 4 is 11.8 Å². The van der Waals surface area contributed by atoms with E-state index in [1.807, 2.05) is 18.2 Å². The molecule has 1 aliphatic heterocycles. The molecular weight excluding hydrogens is 334 g/mol. The molecule has 2 aliphatic rings. The summed E-state index contributed by atoms with van der Waals surface area (Å²) in [5, 5.41) is 1.55. The molecular formula is C18H25N5OS. The van der Waals surface area contributed by atoms with Gasteiger partial charge in [-0.25, -0.2) is 9.97 Å². The molecule has 1 saturated heterocycles. The van der Waals surface area contributed by atoms with Crippen molar-refractivity contribution < 1.29 is 4.42 Å². The van der Waals surface area contributed by atoms with Crippen molar-refractivity contribution in [2.45, 2.75) is 54.6 Å². The number of rotatable bonds is 6. The Bertz CT molecular complexity index is 679. The number of hydrogen-bond donors (Lipinski definition) is 2. The molecule has 2 aromatic rings. The second kappa shape index (κ2) is 7.86. The Morgan fingerprint density at radius 2 is 2.04 bits per heavy atom. The third-order valence-electron chi connectivity index (χ3n) is 5.10. The van der Waals surface area contributed by atoms with Gasteiger partial charge < -0.3 is 4.42 Å². The summed E-state index contributed by atoms with van der Waals surface area (Å²) >= 11 is 1.45. The molecule has 25 heavy (non-hydrogen) atoms. The maximum absolute atomic E-state index is 5.93. The number of aromatic nitrogens is 2. The monoisotopic (exact) mass is 359 g/mol. The normalized spacial score (nSPS) is 26.1. The standard InChI is InChI=1S/C18H25N5OS/c1-23(12-16-14-5-2-3-6-15(14)21-22-16)11-13-7-8-17(24-13)25-18-19-9-4-10-20-18/h4,7-10,14-16,21-22H,2-3,5-6,11-12H2,1H3. The molecule has 2 N–H and O–H groups in total. The molecule has 0 aromatic carbocycles. The van der Waals surface area contributed by atoms with E-state index in [0.29, 0.717) is 17.2 Å². The molecule has 0 radical (unpaired) electrons. The molecule has 1 aliphatic carbocycles. The highest BCUT2D eigenvalue weighted by molar-refractivity contribution is 7.99. The van der Waals surface area contributed by atoms with Gasteiger partial charge in [0.15, 0.2) is 10.2 Å². The van der Waals surface area contributed by atoms with Crippen molar-refractivity contribution in [2.75, 3.05) is 13.6 Å². The second-order valence-corrected chi connectivity index (χ2v) is 7.97. The van der Waals surface area contributed by atoms with E-state index in [0.717, 1.165) is 29.9 Å². The molecule has 4 rings (SSSR count). The minimum Gasteiger partial charge on any atom is -0.453 e. The SMILES string of the molecule is CN(Cc1ccc(Sc2ncccn2)o1)CC1NNC2CCCCC21. The summed E-state index contributed by atoms with van der Waals surface area (Å²) in [6.45, 7) is 1.84. The minimum absolute atomic E-state index is 0.525. The molecule has 2 fully saturated rings. The van der Waals surface area contributed by atoms with Crippen molar-refractivity contribution in [2.24, 2.45) is 5.92 Å². The van der Waals surface area contributed by atoms with Gasteiger partial charge in [-0.3, -0.25) is 15.8 Å². The Morgan fingerprint density at radius 3 is 2.92 bits per heavy atom. The summed E-state index contributed by atoms with van der Waals surface area (Å²) in [6, 6.07) is 7.04. The van der Waals surface area contributed by atoms with E-state index in [1.165, 1.54) is 37.4 Å². The number of furan rings is 1. The van der Waals surface area contributed by atoms with Crippen LogP contribution in [0.5, 0.6) is 0 Å². The minimum atomic E-state index is 0.525. The van der Waals surface area contributed by atoms with Crippen LogP contribution in [0.1, 0.15) is 31.4 Å². The summed E-state index contributed by atoms with van der Waals surface area (Å²) in [5.74, 6) is 1.74. The Balaban J connectivity index is 1.30. The van der Waals surface area contributed by atoms with Gasteiger partial charge in [-0.15, -0.1) is 0 Å². The van der Waals surface area contributed by atoms with Crippen LogP contribution in [0.3, 0.4) is 0 Å². The molecule has 0 bridgehead atoms. The fourth-order valence-electron chi connectivity index (χ4n) is 3.92. The largest absolute Gasteiger partial charge is 0.453 e. The lowest BCUT2D eigenvalue weighted by molar-refractivity contribution is 0.222. The molecule has 3 heterocycles. The number of hydrazine groups is 1. The van der Waals surface area contributed by atoms with E-state index in [2.05, 4.69) is 32.8 Å². The first kappa shape index (κ1) is 17.0. The van der Waals surface area contributed by atoms with Crippen LogP contribution in [0.25, 0.3) is 0 Å². The lowest BCUT2D eigenvalue weighted by Gasteiger charge is -2.29. The Kier molecular flexibility index (Phi) is 5.36. The zero-order chi connectivity index (χ0) is 17.1. The van der Waals surface area contributed by atoms with Crippen LogP contribution in [-0.4, -0.2) is 40.5 Å². The van der Waals surface area contributed by atoms with Gasteiger partial charge in [0, 0.05) is 31.0 Å². The van der Waals surface area contributed by atoms with Gasteiger partial charge >= 0.3 is 0 Å². The third kappa shape index (κ3) is 4.23. The topological polar surface area (TPSA) is 66.2 Å². The van der Waals surface area contributed by atoms with Crippen LogP contribution in [0, 0.1) is 5.92 Å². The molecule has 0 amide bonds. The summed E-state index contributed by atoms with van der Waals surface area (Å²) in [4.78, 5) is 10.8. The summed E-state index contributed by atoms with van der Waals surface area (Å²) in [7, 11) is 2.16. The zero-order valence-electron chi connectivity index (χ0n) is 14.5. The fraction of sp³-hybridized carbons (Fsp3) is 0.556. The lowest BCUT2D eigenvalue weighted by atomic mass is 9.81. The highest BCUT2D eigenvalue weighted by atomic mass is 32.2. The number of nitrogens with one attached hydrogen (secondary N) is 2. The van der Waals surface area contributed by atoms with Crippen LogP contribution in [-0.2, 0) is 6.54 Å². The van der Waals surface area contributed by atoms with E-state index in [-0.39, 0.29) is 0 Å². The molecule has 2 aromatic heterocycles. The Morgan fingerprint density at radius 1 is 1.20 bits per heavy atom. The quantitative estimate of drug-likeness (QED) is 0.769. The third-order valence-corrected chi connectivity index (χ3v) is 5.91. The predicted octanol–water partition coefficient (Wildman–Crippen LogP) is 2.69. The van der Waals surface area contributed by atoms with Gasteiger partial charge in [0.2, 0.25) is 0 Å². The summed E-state index contributed by atoms with van der Waals surface area (Å²) < 4.78 is 5.93. The molecule has 3 unspecified atom stereocenters. The second-order valence-electron chi connectivity index (χ2n) is 7.00. The van der Waals surface area contributed by atoms with Crippen molar-refractivity contribution in [1.82, 2.24) is 25.7 Å². The van der Waals surface area contributed by atoms with Crippen molar-refractivity contribution in [3.63, 3.8) is 0 Å². The van der Waals surface area contributed by atoms with Crippen LogP contribution >= 0.6 is 11.8 Å². The van der Waals surface area contributed by atoms with Gasteiger partial charge in [0.1, 0.15) is 5.76 Å². The lowest BCUT2D eigenvalue weighted by Crippen LogP contribution is -2.40. The summed E-state index contributed by atoms with van der Waals surface area (Å²) in [6.07, 6.45) is 8.85. The van der Waals surface area contributed by atoms with E-state index < -0.39 is 0 Å². The number of fused-ring (bicyclic) bond motifs is 1. The highest BCUT2D eigenvalue weighted by Crippen LogP contribution is 2.31. The average molecular weight is 359 g/mol. The van der Waals surface area contributed by atoms with Gasteiger partial charge in [-0.05, 0) is 55.8 Å².